The second kappa shape index (κ2) is 2.71. The van der Waals surface area contributed by atoms with E-state index in [4.69, 9.17) is 0 Å². The van der Waals surface area contributed by atoms with E-state index in [9.17, 15) is 4.79 Å². The Hall–Kier alpha value is -0.570. The molecule has 3 aliphatic rings. The minimum absolute atomic E-state index is 0.160. The molecule has 0 aromatic carbocycles. The van der Waals surface area contributed by atoms with Gasteiger partial charge in [0, 0.05) is 18.6 Å². The molecule has 1 unspecified atom stereocenters. The standard InChI is InChI=1S/C10H16N2O/c13-10-9(11-7-1-2-7)5-6-12(10)8-3-4-8/h7-9,11H,1-6H2. The maximum atomic E-state index is 11.8. The molecular formula is C10H16N2O. The summed E-state index contributed by atoms with van der Waals surface area (Å²) in [5, 5.41) is 3.42. The van der Waals surface area contributed by atoms with Crippen LogP contribution < -0.4 is 5.32 Å². The maximum Gasteiger partial charge on any atom is 0.240 e. The van der Waals surface area contributed by atoms with Crippen LogP contribution in [0.15, 0.2) is 0 Å². The molecule has 0 bridgehead atoms. The normalized spacial score (nSPS) is 34.3. The first-order valence-electron chi connectivity index (χ1n) is 5.41. The zero-order chi connectivity index (χ0) is 8.84. The smallest absolute Gasteiger partial charge is 0.240 e. The number of nitrogens with one attached hydrogen (secondary N) is 1. The van der Waals surface area contributed by atoms with Crippen LogP contribution in [0.5, 0.6) is 0 Å². The summed E-state index contributed by atoms with van der Waals surface area (Å²) in [6.45, 7) is 0.994. The van der Waals surface area contributed by atoms with Crippen molar-refractivity contribution in [1.82, 2.24) is 10.2 Å². The molecule has 0 aromatic heterocycles. The molecule has 1 heterocycles. The number of amides is 1. The van der Waals surface area contributed by atoms with Crippen LogP contribution in [0.2, 0.25) is 0 Å². The molecule has 1 aliphatic heterocycles. The fourth-order valence-corrected chi connectivity index (χ4v) is 2.14. The lowest BCUT2D eigenvalue weighted by atomic mass is 10.2. The van der Waals surface area contributed by atoms with Crippen LogP contribution in [0, 0.1) is 0 Å². The second-order valence-electron chi connectivity index (χ2n) is 4.55. The second-order valence-corrected chi connectivity index (χ2v) is 4.55. The van der Waals surface area contributed by atoms with Crippen molar-refractivity contribution in [1.29, 1.82) is 0 Å². The van der Waals surface area contributed by atoms with Crippen molar-refractivity contribution in [3.63, 3.8) is 0 Å². The summed E-state index contributed by atoms with van der Waals surface area (Å²) in [5.74, 6) is 0.370. The molecule has 1 N–H and O–H groups in total. The molecule has 0 radical (unpaired) electrons. The summed E-state index contributed by atoms with van der Waals surface area (Å²) in [4.78, 5) is 13.9. The van der Waals surface area contributed by atoms with Crippen LogP contribution in [0.1, 0.15) is 32.1 Å². The zero-order valence-electron chi connectivity index (χ0n) is 7.83. The molecular weight excluding hydrogens is 164 g/mol. The van der Waals surface area contributed by atoms with E-state index in [-0.39, 0.29) is 6.04 Å². The van der Waals surface area contributed by atoms with Gasteiger partial charge in [0.2, 0.25) is 5.91 Å². The number of hydrogen-bond donors (Lipinski definition) is 1. The number of hydrogen-bond acceptors (Lipinski definition) is 2. The first kappa shape index (κ1) is 7.80. The van der Waals surface area contributed by atoms with E-state index in [0.717, 1.165) is 13.0 Å². The highest BCUT2D eigenvalue weighted by molar-refractivity contribution is 5.84. The molecule has 2 aliphatic carbocycles. The average molecular weight is 180 g/mol. The van der Waals surface area contributed by atoms with Crippen molar-refractivity contribution in [3.8, 4) is 0 Å². The summed E-state index contributed by atoms with van der Waals surface area (Å²) < 4.78 is 0. The third-order valence-corrected chi connectivity index (χ3v) is 3.24. The van der Waals surface area contributed by atoms with Crippen LogP contribution in [0.25, 0.3) is 0 Å². The van der Waals surface area contributed by atoms with Gasteiger partial charge in [0.05, 0.1) is 6.04 Å². The molecule has 1 atom stereocenters. The lowest BCUT2D eigenvalue weighted by Crippen LogP contribution is -2.40. The van der Waals surface area contributed by atoms with Crippen LogP contribution >= 0.6 is 0 Å². The number of carbonyl (C=O) groups excluding carboxylic acids is 1. The molecule has 2 saturated carbocycles. The van der Waals surface area contributed by atoms with E-state index >= 15 is 0 Å². The van der Waals surface area contributed by atoms with Crippen molar-refractivity contribution < 1.29 is 4.79 Å². The quantitative estimate of drug-likeness (QED) is 0.686. The largest absolute Gasteiger partial charge is 0.338 e. The fourth-order valence-electron chi connectivity index (χ4n) is 2.14. The van der Waals surface area contributed by atoms with E-state index < -0.39 is 0 Å². The van der Waals surface area contributed by atoms with Crippen molar-refractivity contribution >= 4 is 5.91 Å². The Morgan fingerprint density at radius 3 is 2.54 bits per heavy atom. The SMILES string of the molecule is O=C1C(NC2CC2)CCN1C1CC1. The lowest BCUT2D eigenvalue weighted by molar-refractivity contribution is -0.129. The molecule has 13 heavy (non-hydrogen) atoms. The highest BCUT2D eigenvalue weighted by atomic mass is 16.2. The zero-order valence-corrected chi connectivity index (χ0v) is 7.83. The third-order valence-electron chi connectivity index (χ3n) is 3.24. The van der Waals surface area contributed by atoms with Gasteiger partial charge in [-0.25, -0.2) is 0 Å². The van der Waals surface area contributed by atoms with Crippen LogP contribution in [0.3, 0.4) is 0 Å². The minimum atomic E-state index is 0.160. The first-order chi connectivity index (χ1) is 6.34. The molecule has 72 valence electrons. The monoisotopic (exact) mass is 180 g/mol. The topological polar surface area (TPSA) is 32.3 Å². The predicted octanol–water partition coefficient (Wildman–Crippen LogP) is 0.502. The molecule has 1 saturated heterocycles. The molecule has 3 nitrogen and oxygen atoms in total. The van der Waals surface area contributed by atoms with Crippen molar-refractivity contribution in [3.05, 3.63) is 0 Å². The lowest BCUT2D eigenvalue weighted by Gasteiger charge is -2.15. The predicted molar refractivity (Wildman–Crippen MR) is 49.3 cm³/mol. The van der Waals surface area contributed by atoms with Gasteiger partial charge < -0.3 is 10.2 Å². The van der Waals surface area contributed by atoms with E-state index in [1.165, 1.54) is 25.7 Å². The number of likely N-dealkylation sites (tertiary alicyclic amines) is 1. The number of carbonyl (C=O) groups is 1. The van der Waals surface area contributed by atoms with E-state index in [2.05, 4.69) is 10.2 Å². The highest BCUT2D eigenvalue weighted by Gasteiger charge is 2.41. The number of nitrogens with zero attached hydrogens (tertiary/aromatic N) is 1. The van der Waals surface area contributed by atoms with Crippen LogP contribution in [0.4, 0.5) is 0 Å². The maximum absolute atomic E-state index is 11.8. The van der Waals surface area contributed by atoms with Crippen LogP contribution in [-0.2, 0) is 4.79 Å². The van der Waals surface area contributed by atoms with Gasteiger partial charge in [-0.05, 0) is 32.1 Å². The summed E-state index contributed by atoms with van der Waals surface area (Å²) >= 11 is 0. The van der Waals surface area contributed by atoms with Crippen molar-refractivity contribution in [2.24, 2.45) is 0 Å². The fraction of sp³-hybridized carbons (Fsp3) is 0.900. The third kappa shape index (κ3) is 1.46. The summed E-state index contributed by atoms with van der Waals surface area (Å²) in [6, 6.07) is 1.43. The molecule has 0 aromatic rings. The Bertz CT molecular complexity index is 233. The van der Waals surface area contributed by atoms with Gasteiger partial charge in [0.25, 0.3) is 0 Å². The molecule has 3 rings (SSSR count). The van der Waals surface area contributed by atoms with Crippen LogP contribution in [-0.4, -0.2) is 35.5 Å². The van der Waals surface area contributed by atoms with E-state index in [0.29, 0.717) is 18.0 Å². The summed E-state index contributed by atoms with van der Waals surface area (Å²) in [7, 11) is 0. The van der Waals surface area contributed by atoms with Gasteiger partial charge in [0.1, 0.15) is 0 Å². The minimum Gasteiger partial charge on any atom is -0.338 e. The van der Waals surface area contributed by atoms with Crippen molar-refractivity contribution in [2.75, 3.05) is 6.54 Å². The van der Waals surface area contributed by atoms with Gasteiger partial charge >= 0.3 is 0 Å². The molecule has 3 fully saturated rings. The van der Waals surface area contributed by atoms with Gasteiger partial charge in [-0.3, -0.25) is 4.79 Å². The van der Waals surface area contributed by atoms with E-state index in [1.54, 1.807) is 0 Å². The van der Waals surface area contributed by atoms with E-state index in [1.807, 2.05) is 0 Å². The molecule has 1 amide bonds. The molecule has 3 heteroatoms. The summed E-state index contributed by atoms with van der Waals surface area (Å²) in [6.07, 6.45) is 6.05. The molecule has 0 spiro atoms. The Morgan fingerprint density at radius 1 is 1.15 bits per heavy atom. The highest BCUT2D eigenvalue weighted by Crippen LogP contribution is 2.31. The Morgan fingerprint density at radius 2 is 1.92 bits per heavy atom. The number of rotatable bonds is 3. The first-order valence-corrected chi connectivity index (χ1v) is 5.41. The van der Waals surface area contributed by atoms with Gasteiger partial charge in [0.15, 0.2) is 0 Å². The Labute approximate surface area is 78.5 Å². The Balaban J connectivity index is 1.60. The van der Waals surface area contributed by atoms with Gasteiger partial charge in [-0.2, -0.15) is 0 Å². The van der Waals surface area contributed by atoms with Crippen molar-refractivity contribution in [2.45, 2.75) is 50.2 Å². The average Bonchev–Trinajstić information content (AvgIpc) is 2.97. The van der Waals surface area contributed by atoms with Gasteiger partial charge in [-0.15, -0.1) is 0 Å². The van der Waals surface area contributed by atoms with Gasteiger partial charge in [-0.1, -0.05) is 0 Å². The summed E-state index contributed by atoms with van der Waals surface area (Å²) in [5.41, 5.74) is 0. The Kier molecular flexibility index (Phi) is 1.62.